The molecule has 0 heterocycles. The van der Waals surface area contributed by atoms with E-state index in [-0.39, 0.29) is 22.5 Å². The van der Waals surface area contributed by atoms with Crippen LogP contribution in [0.15, 0.2) is 47.4 Å². The summed E-state index contributed by atoms with van der Waals surface area (Å²) in [7, 11) is -3.65. The number of carbonyl (C=O) groups is 1. The van der Waals surface area contributed by atoms with E-state index in [2.05, 4.69) is 6.08 Å². The first kappa shape index (κ1) is 13.6. The van der Waals surface area contributed by atoms with Gasteiger partial charge < -0.3 is 0 Å². The van der Waals surface area contributed by atoms with Crippen molar-refractivity contribution in [3.63, 3.8) is 0 Å². The normalized spacial score (nSPS) is 32.2. The molecule has 0 radical (unpaired) electrons. The molecule has 3 atom stereocenters. The Labute approximate surface area is 119 Å². The SMILES string of the molecule is CC(=O)[C@]1(S(=O)(=O)c2ccccc2)C[C@H]2C=C[C@@H]1CC2. The molecular weight excluding hydrogens is 272 g/mol. The molecule has 3 aliphatic rings. The average Bonchev–Trinajstić information content (AvgIpc) is 2.48. The van der Waals surface area contributed by atoms with Gasteiger partial charge >= 0.3 is 0 Å². The van der Waals surface area contributed by atoms with Crippen molar-refractivity contribution in [3.05, 3.63) is 42.5 Å². The molecule has 0 amide bonds. The number of rotatable bonds is 3. The summed E-state index contributed by atoms with van der Waals surface area (Å²) in [6, 6.07) is 8.37. The van der Waals surface area contributed by atoms with Crippen molar-refractivity contribution in [1.29, 1.82) is 0 Å². The van der Waals surface area contributed by atoms with E-state index in [1.165, 1.54) is 6.92 Å². The predicted octanol–water partition coefficient (Wildman–Crippen LogP) is 2.77. The standard InChI is InChI=1S/C16H18O3S/c1-12(17)16(11-13-7-9-14(16)10-8-13)20(18,19)15-5-3-2-4-6-15/h2-7,9,13-14H,8,10-11H2,1H3/t13-,14+,16+/m0/s1. The molecular formula is C16H18O3S. The van der Waals surface area contributed by atoms with Gasteiger partial charge in [0.25, 0.3) is 0 Å². The van der Waals surface area contributed by atoms with Gasteiger partial charge in [-0.25, -0.2) is 8.42 Å². The van der Waals surface area contributed by atoms with Crippen LogP contribution in [0.5, 0.6) is 0 Å². The van der Waals surface area contributed by atoms with Crippen LogP contribution in [0.3, 0.4) is 0 Å². The summed E-state index contributed by atoms with van der Waals surface area (Å²) in [5.41, 5.74) is 0. The number of allylic oxidation sites excluding steroid dienone is 2. The number of hydrogen-bond acceptors (Lipinski definition) is 3. The molecule has 4 heteroatoms. The highest BCUT2D eigenvalue weighted by Gasteiger charge is 2.57. The molecule has 0 N–H and O–H groups in total. The van der Waals surface area contributed by atoms with E-state index in [9.17, 15) is 13.2 Å². The Morgan fingerprint density at radius 1 is 1.15 bits per heavy atom. The zero-order valence-corrected chi connectivity index (χ0v) is 12.3. The Balaban J connectivity index is 2.18. The second-order valence-corrected chi connectivity index (χ2v) is 8.00. The number of hydrogen-bond donors (Lipinski definition) is 0. The Bertz CT molecular complexity index is 660. The van der Waals surface area contributed by atoms with Crippen LogP contribution < -0.4 is 0 Å². The lowest BCUT2D eigenvalue weighted by Gasteiger charge is -2.46. The van der Waals surface area contributed by atoms with Crippen LogP contribution in [0.25, 0.3) is 0 Å². The van der Waals surface area contributed by atoms with Gasteiger partial charge in [0, 0.05) is 5.92 Å². The lowest BCUT2D eigenvalue weighted by Crippen LogP contribution is -2.55. The highest BCUT2D eigenvalue weighted by Crippen LogP contribution is 2.50. The van der Waals surface area contributed by atoms with Crippen molar-refractivity contribution < 1.29 is 13.2 Å². The summed E-state index contributed by atoms with van der Waals surface area (Å²) in [5.74, 6) is -0.196. The molecule has 2 bridgehead atoms. The number of fused-ring (bicyclic) bond motifs is 2. The molecule has 0 aliphatic heterocycles. The van der Waals surface area contributed by atoms with Gasteiger partial charge in [-0.1, -0.05) is 30.4 Å². The number of Topliss-reactive ketones (excluding diaryl/α,β-unsaturated/α-hetero) is 1. The van der Waals surface area contributed by atoms with Crippen molar-refractivity contribution >= 4 is 15.6 Å². The van der Waals surface area contributed by atoms with E-state index < -0.39 is 14.6 Å². The Morgan fingerprint density at radius 2 is 1.85 bits per heavy atom. The fourth-order valence-corrected chi connectivity index (χ4v) is 6.03. The largest absolute Gasteiger partial charge is 0.298 e. The molecule has 0 spiro atoms. The van der Waals surface area contributed by atoms with E-state index >= 15 is 0 Å². The van der Waals surface area contributed by atoms with Crippen molar-refractivity contribution in [1.82, 2.24) is 0 Å². The Morgan fingerprint density at radius 3 is 2.30 bits per heavy atom. The maximum absolute atomic E-state index is 13.1. The van der Waals surface area contributed by atoms with Gasteiger partial charge in [0.2, 0.25) is 0 Å². The van der Waals surface area contributed by atoms with Crippen LogP contribution in [0.2, 0.25) is 0 Å². The van der Waals surface area contributed by atoms with Crippen molar-refractivity contribution in [2.45, 2.75) is 35.8 Å². The Kier molecular flexibility index (Phi) is 3.09. The third-order valence-corrected chi connectivity index (χ3v) is 7.37. The van der Waals surface area contributed by atoms with E-state index in [0.717, 1.165) is 12.8 Å². The first-order chi connectivity index (χ1) is 9.48. The summed E-state index contributed by atoms with van der Waals surface area (Å²) in [6.45, 7) is 1.43. The average molecular weight is 290 g/mol. The third-order valence-electron chi connectivity index (χ3n) is 4.76. The fraction of sp³-hybridized carbons (Fsp3) is 0.438. The van der Waals surface area contributed by atoms with Gasteiger partial charge in [0.1, 0.15) is 4.75 Å². The second kappa shape index (κ2) is 4.55. The van der Waals surface area contributed by atoms with Crippen LogP contribution in [-0.4, -0.2) is 18.9 Å². The zero-order valence-electron chi connectivity index (χ0n) is 11.5. The van der Waals surface area contributed by atoms with Crippen LogP contribution in [-0.2, 0) is 14.6 Å². The predicted molar refractivity (Wildman–Crippen MR) is 77.0 cm³/mol. The summed E-state index contributed by atoms with van der Waals surface area (Å²) < 4.78 is 24.9. The molecule has 20 heavy (non-hydrogen) atoms. The Hall–Kier alpha value is -1.42. The monoisotopic (exact) mass is 290 g/mol. The summed E-state index contributed by atoms with van der Waals surface area (Å²) in [4.78, 5) is 12.6. The first-order valence-corrected chi connectivity index (χ1v) is 8.46. The van der Waals surface area contributed by atoms with Gasteiger partial charge in [-0.3, -0.25) is 4.79 Å². The summed E-state index contributed by atoms with van der Waals surface area (Å²) in [5, 5.41) is 0. The quantitative estimate of drug-likeness (QED) is 0.804. The highest BCUT2D eigenvalue weighted by atomic mass is 32.2. The van der Waals surface area contributed by atoms with Gasteiger partial charge in [0.15, 0.2) is 15.6 Å². The molecule has 106 valence electrons. The van der Waals surface area contributed by atoms with Crippen LogP contribution in [0, 0.1) is 11.8 Å². The minimum atomic E-state index is -3.65. The van der Waals surface area contributed by atoms with Crippen LogP contribution >= 0.6 is 0 Å². The molecule has 1 fully saturated rings. The van der Waals surface area contributed by atoms with E-state index in [4.69, 9.17) is 0 Å². The van der Waals surface area contributed by atoms with E-state index in [0.29, 0.717) is 6.42 Å². The van der Waals surface area contributed by atoms with E-state index in [1.807, 2.05) is 6.08 Å². The third kappa shape index (κ3) is 1.71. The minimum absolute atomic E-state index is 0.185. The maximum Gasteiger partial charge on any atom is 0.191 e. The molecule has 4 rings (SSSR count). The van der Waals surface area contributed by atoms with Crippen molar-refractivity contribution in [2.24, 2.45) is 11.8 Å². The number of benzene rings is 1. The second-order valence-electron chi connectivity index (χ2n) is 5.80. The number of ketones is 1. The fourth-order valence-electron chi connectivity index (χ4n) is 3.69. The highest BCUT2D eigenvalue weighted by molar-refractivity contribution is 7.93. The first-order valence-electron chi connectivity index (χ1n) is 6.97. The zero-order chi connectivity index (χ0) is 14.4. The van der Waals surface area contributed by atoms with Gasteiger partial charge in [-0.2, -0.15) is 0 Å². The molecule has 1 aromatic rings. The van der Waals surface area contributed by atoms with Crippen LogP contribution in [0.4, 0.5) is 0 Å². The van der Waals surface area contributed by atoms with Gasteiger partial charge in [-0.05, 0) is 44.2 Å². The van der Waals surface area contributed by atoms with Gasteiger partial charge in [0.05, 0.1) is 4.90 Å². The van der Waals surface area contributed by atoms with Crippen molar-refractivity contribution in [2.75, 3.05) is 0 Å². The minimum Gasteiger partial charge on any atom is -0.298 e. The topological polar surface area (TPSA) is 51.2 Å². The maximum atomic E-state index is 13.1. The molecule has 0 saturated heterocycles. The lowest BCUT2D eigenvalue weighted by atomic mass is 9.67. The molecule has 1 aromatic carbocycles. The van der Waals surface area contributed by atoms with Crippen molar-refractivity contribution in [3.8, 4) is 0 Å². The molecule has 0 unspecified atom stereocenters. The summed E-state index contributed by atoms with van der Waals surface area (Å²) in [6.07, 6.45) is 6.23. The molecule has 3 aliphatic carbocycles. The number of sulfone groups is 1. The summed E-state index contributed by atoms with van der Waals surface area (Å²) >= 11 is 0. The molecule has 3 nitrogen and oxygen atoms in total. The number of carbonyl (C=O) groups excluding carboxylic acids is 1. The smallest absolute Gasteiger partial charge is 0.191 e. The lowest BCUT2D eigenvalue weighted by molar-refractivity contribution is -0.121. The van der Waals surface area contributed by atoms with Crippen LogP contribution in [0.1, 0.15) is 26.2 Å². The molecule has 1 saturated carbocycles. The van der Waals surface area contributed by atoms with E-state index in [1.54, 1.807) is 30.3 Å². The molecule has 0 aromatic heterocycles. The van der Waals surface area contributed by atoms with Gasteiger partial charge in [-0.15, -0.1) is 0 Å².